The maximum atomic E-state index is 12.3. The van der Waals surface area contributed by atoms with Gasteiger partial charge in [-0.3, -0.25) is 29.6 Å². The van der Waals surface area contributed by atoms with E-state index in [1.807, 2.05) is 20.8 Å². The Hall–Kier alpha value is -3.20. The lowest BCUT2D eigenvalue weighted by Crippen LogP contribution is -2.43. The van der Waals surface area contributed by atoms with Gasteiger partial charge in [-0.1, -0.05) is 33.6 Å². The third-order valence-corrected chi connectivity index (χ3v) is 6.33. The van der Waals surface area contributed by atoms with Crippen molar-refractivity contribution >= 4 is 45.3 Å². The molecule has 0 bridgehead atoms. The summed E-state index contributed by atoms with van der Waals surface area (Å²) in [5.41, 5.74) is 6.47. The minimum Gasteiger partial charge on any atom is -0.455 e. The molecule has 168 valence electrons. The van der Waals surface area contributed by atoms with E-state index in [1.54, 1.807) is 36.4 Å². The normalized spacial score (nSPS) is 15.4. The molecule has 32 heavy (non-hydrogen) atoms. The second kappa shape index (κ2) is 9.95. The Morgan fingerprint density at radius 3 is 2.34 bits per heavy atom. The van der Waals surface area contributed by atoms with E-state index in [4.69, 9.17) is 4.74 Å². The second-order valence-corrected chi connectivity index (χ2v) is 8.59. The summed E-state index contributed by atoms with van der Waals surface area (Å²) in [7, 11) is 0. The molecular formula is C23H24BrN3O5. The van der Waals surface area contributed by atoms with Crippen LogP contribution in [0.15, 0.2) is 40.9 Å². The topological polar surface area (TPSA) is 105 Å². The summed E-state index contributed by atoms with van der Waals surface area (Å²) in [6, 6.07) is 10.5. The van der Waals surface area contributed by atoms with Crippen LogP contribution in [-0.2, 0) is 19.1 Å². The number of hydrogen-bond donors (Lipinski definition) is 2. The Kier molecular flexibility index (Phi) is 7.29. The van der Waals surface area contributed by atoms with Gasteiger partial charge in [0.1, 0.15) is 0 Å². The monoisotopic (exact) mass is 501 g/mol. The number of amides is 3. The fourth-order valence-electron chi connectivity index (χ4n) is 3.34. The van der Waals surface area contributed by atoms with Crippen molar-refractivity contribution in [3.63, 3.8) is 0 Å². The fourth-order valence-corrected chi connectivity index (χ4v) is 3.56. The molecule has 1 atom stereocenters. The van der Waals surface area contributed by atoms with Crippen molar-refractivity contribution in [2.45, 2.75) is 27.2 Å². The lowest BCUT2D eigenvalue weighted by atomic mass is 10.1. The second-order valence-electron chi connectivity index (χ2n) is 7.79. The minimum atomic E-state index is -0.759. The SMILES string of the molecule is Cc1ccc(C(=O)NN2C[C@H](C(=O)OCC(=O)Nc3cc(C)c(Br)c(C)c3)CC2=O)cc1. The Labute approximate surface area is 194 Å². The summed E-state index contributed by atoms with van der Waals surface area (Å²) >= 11 is 3.47. The molecule has 0 radical (unpaired) electrons. The minimum absolute atomic E-state index is 0.0119. The number of rotatable bonds is 6. The van der Waals surface area contributed by atoms with Gasteiger partial charge in [-0.15, -0.1) is 0 Å². The third kappa shape index (κ3) is 5.73. The number of anilines is 1. The summed E-state index contributed by atoms with van der Waals surface area (Å²) in [6.45, 7) is 5.25. The van der Waals surface area contributed by atoms with Crippen molar-refractivity contribution in [1.82, 2.24) is 10.4 Å². The zero-order valence-corrected chi connectivity index (χ0v) is 19.6. The van der Waals surface area contributed by atoms with Crippen molar-refractivity contribution < 1.29 is 23.9 Å². The highest BCUT2D eigenvalue weighted by atomic mass is 79.9. The number of hydrazine groups is 1. The lowest BCUT2D eigenvalue weighted by molar-refractivity contribution is -0.151. The maximum absolute atomic E-state index is 12.3. The fraction of sp³-hybridized carbons (Fsp3) is 0.304. The summed E-state index contributed by atoms with van der Waals surface area (Å²) in [5, 5.41) is 3.80. The molecule has 1 aliphatic rings. The standard InChI is InChI=1S/C23H24BrN3O5/c1-13-4-6-16(7-5-13)22(30)26-27-11-17(10-20(27)29)23(31)32-12-19(28)25-18-8-14(2)21(24)15(3)9-18/h4-9,17H,10-12H2,1-3H3,(H,25,28)(H,26,30)/t17-/m1/s1. The van der Waals surface area contributed by atoms with Gasteiger partial charge in [0, 0.05) is 22.1 Å². The van der Waals surface area contributed by atoms with Crippen LogP contribution in [0.4, 0.5) is 5.69 Å². The molecule has 0 aromatic heterocycles. The number of carbonyl (C=O) groups excluding carboxylic acids is 4. The molecule has 2 aromatic carbocycles. The first-order chi connectivity index (χ1) is 15.1. The Morgan fingerprint density at radius 1 is 1.09 bits per heavy atom. The molecule has 1 heterocycles. The molecule has 1 fully saturated rings. The molecule has 1 aliphatic heterocycles. The molecule has 9 heteroatoms. The van der Waals surface area contributed by atoms with Crippen LogP contribution in [0.3, 0.4) is 0 Å². The molecule has 0 spiro atoms. The number of nitrogens with one attached hydrogen (secondary N) is 2. The van der Waals surface area contributed by atoms with Crippen LogP contribution < -0.4 is 10.7 Å². The number of nitrogens with zero attached hydrogens (tertiary/aromatic N) is 1. The zero-order valence-electron chi connectivity index (χ0n) is 18.0. The van der Waals surface area contributed by atoms with Crippen molar-refractivity contribution in [1.29, 1.82) is 0 Å². The van der Waals surface area contributed by atoms with Gasteiger partial charge in [0.2, 0.25) is 5.91 Å². The van der Waals surface area contributed by atoms with E-state index >= 15 is 0 Å². The summed E-state index contributed by atoms with van der Waals surface area (Å²) in [4.78, 5) is 49.0. The molecule has 0 saturated carbocycles. The summed E-state index contributed by atoms with van der Waals surface area (Å²) in [6.07, 6.45) is -0.0975. The number of benzene rings is 2. The molecule has 3 rings (SSSR count). The quantitative estimate of drug-likeness (QED) is 0.591. The number of halogens is 1. The molecule has 1 saturated heterocycles. The molecule has 3 amide bonds. The predicted molar refractivity (Wildman–Crippen MR) is 122 cm³/mol. The highest BCUT2D eigenvalue weighted by molar-refractivity contribution is 9.10. The average Bonchev–Trinajstić information content (AvgIpc) is 3.11. The molecular weight excluding hydrogens is 478 g/mol. The third-order valence-electron chi connectivity index (χ3n) is 5.07. The predicted octanol–water partition coefficient (Wildman–Crippen LogP) is 3.05. The molecule has 0 unspecified atom stereocenters. The highest BCUT2D eigenvalue weighted by Crippen LogP contribution is 2.25. The molecule has 0 aliphatic carbocycles. The van der Waals surface area contributed by atoms with Crippen LogP contribution in [0.2, 0.25) is 0 Å². The molecule has 2 N–H and O–H groups in total. The highest BCUT2D eigenvalue weighted by Gasteiger charge is 2.36. The van der Waals surface area contributed by atoms with Gasteiger partial charge in [0.25, 0.3) is 11.8 Å². The van der Waals surface area contributed by atoms with Crippen LogP contribution in [-0.4, -0.2) is 41.9 Å². The largest absolute Gasteiger partial charge is 0.455 e. The van der Waals surface area contributed by atoms with E-state index in [2.05, 4.69) is 26.7 Å². The number of hydrogen-bond acceptors (Lipinski definition) is 5. The van der Waals surface area contributed by atoms with E-state index in [9.17, 15) is 19.2 Å². The van der Waals surface area contributed by atoms with E-state index in [1.165, 1.54) is 0 Å². The van der Waals surface area contributed by atoms with Gasteiger partial charge in [-0.2, -0.15) is 0 Å². The molecule has 2 aromatic rings. The maximum Gasteiger partial charge on any atom is 0.311 e. The van der Waals surface area contributed by atoms with Crippen LogP contribution in [0.1, 0.15) is 33.5 Å². The van der Waals surface area contributed by atoms with Crippen LogP contribution in [0, 0.1) is 26.7 Å². The van der Waals surface area contributed by atoms with Crippen LogP contribution in [0.5, 0.6) is 0 Å². The Balaban J connectivity index is 1.49. The van der Waals surface area contributed by atoms with Crippen LogP contribution in [0.25, 0.3) is 0 Å². The first-order valence-corrected chi connectivity index (χ1v) is 10.8. The molecule has 8 nitrogen and oxygen atoms in total. The zero-order chi connectivity index (χ0) is 23.4. The Morgan fingerprint density at radius 2 is 1.72 bits per heavy atom. The van der Waals surface area contributed by atoms with E-state index in [-0.39, 0.29) is 13.0 Å². The van der Waals surface area contributed by atoms with Crippen molar-refractivity contribution in [2.75, 3.05) is 18.5 Å². The van der Waals surface area contributed by atoms with Crippen LogP contribution >= 0.6 is 15.9 Å². The van der Waals surface area contributed by atoms with Gasteiger partial charge in [-0.05, 0) is 56.2 Å². The van der Waals surface area contributed by atoms with Gasteiger partial charge in [0.05, 0.1) is 12.5 Å². The first kappa shape index (κ1) is 23.5. The van der Waals surface area contributed by atoms with Crippen molar-refractivity contribution in [2.24, 2.45) is 5.92 Å². The number of ether oxygens (including phenoxy) is 1. The van der Waals surface area contributed by atoms with Crippen molar-refractivity contribution in [3.05, 3.63) is 63.1 Å². The van der Waals surface area contributed by atoms with Crippen molar-refractivity contribution in [3.8, 4) is 0 Å². The number of esters is 1. The Bertz CT molecular complexity index is 1040. The van der Waals surface area contributed by atoms with E-state index in [0.29, 0.717) is 11.3 Å². The number of carbonyl (C=O) groups is 4. The van der Waals surface area contributed by atoms with Gasteiger partial charge in [-0.25, -0.2) is 0 Å². The summed E-state index contributed by atoms with van der Waals surface area (Å²) < 4.78 is 6.06. The van der Waals surface area contributed by atoms with Gasteiger partial charge < -0.3 is 10.1 Å². The lowest BCUT2D eigenvalue weighted by Gasteiger charge is -2.17. The smallest absolute Gasteiger partial charge is 0.311 e. The van der Waals surface area contributed by atoms with E-state index < -0.39 is 36.2 Å². The van der Waals surface area contributed by atoms with Gasteiger partial charge >= 0.3 is 5.97 Å². The summed E-state index contributed by atoms with van der Waals surface area (Å²) in [5.74, 6) is -2.73. The first-order valence-electron chi connectivity index (χ1n) is 10.1. The average molecular weight is 502 g/mol. The number of aryl methyl sites for hydroxylation is 3. The van der Waals surface area contributed by atoms with Gasteiger partial charge in [0.15, 0.2) is 6.61 Å². The van der Waals surface area contributed by atoms with E-state index in [0.717, 1.165) is 26.2 Å².